The highest BCUT2D eigenvalue weighted by Gasteiger charge is 2.31. The van der Waals surface area contributed by atoms with E-state index in [9.17, 15) is 10.1 Å². The maximum Gasteiger partial charge on any atom is 0.355 e. The predicted molar refractivity (Wildman–Crippen MR) is 77.5 cm³/mol. The quantitative estimate of drug-likeness (QED) is 0.879. The van der Waals surface area contributed by atoms with Crippen LogP contribution in [-0.2, 0) is 11.2 Å². The van der Waals surface area contributed by atoms with Crippen molar-refractivity contribution >= 4 is 16.9 Å². The first-order valence-electron chi connectivity index (χ1n) is 6.99. The monoisotopic (exact) mass is 284 g/mol. The van der Waals surface area contributed by atoms with Crippen LogP contribution < -0.4 is 4.74 Å². The van der Waals surface area contributed by atoms with E-state index in [1.807, 2.05) is 12.1 Å². The molecule has 0 saturated carbocycles. The van der Waals surface area contributed by atoms with Gasteiger partial charge in [-0.1, -0.05) is 0 Å². The van der Waals surface area contributed by atoms with Gasteiger partial charge < -0.3 is 14.5 Å². The van der Waals surface area contributed by atoms with Crippen molar-refractivity contribution in [3.63, 3.8) is 0 Å². The standard InChI is InChI=1S/C16H16N2O3/c1-3-21-16(19)15-13-9(8-17)4-5-10-12(20-2)7-6-11(18-15)14(10)13/h6-7,9,18H,3-5H2,1-2H3. The van der Waals surface area contributed by atoms with Gasteiger partial charge in [0.05, 0.1) is 25.7 Å². The molecule has 0 bridgehead atoms. The van der Waals surface area contributed by atoms with E-state index in [-0.39, 0.29) is 5.92 Å². The summed E-state index contributed by atoms with van der Waals surface area (Å²) in [7, 11) is 1.63. The van der Waals surface area contributed by atoms with Gasteiger partial charge in [-0.3, -0.25) is 0 Å². The lowest BCUT2D eigenvalue weighted by molar-refractivity contribution is 0.0519. The minimum atomic E-state index is -0.407. The topological polar surface area (TPSA) is 75.1 Å². The van der Waals surface area contributed by atoms with Gasteiger partial charge in [0.2, 0.25) is 0 Å². The molecule has 0 spiro atoms. The molecule has 2 aromatic rings. The highest BCUT2D eigenvalue weighted by Crippen LogP contribution is 2.42. The second-order valence-electron chi connectivity index (χ2n) is 5.02. The lowest BCUT2D eigenvalue weighted by Gasteiger charge is -2.20. The smallest absolute Gasteiger partial charge is 0.355 e. The van der Waals surface area contributed by atoms with Crippen LogP contribution in [0.4, 0.5) is 0 Å². The number of esters is 1. The number of hydrogen-bond donors (Lipinski definition) is 1. The summed E-state index contributed by atoms with van der Waals surface area (Å²) < 4.78 is 10.5. The Kier molecular flexibility index (Phi) is 3.30. The fourth-order valence-electron chi connectivity index (χ4n) is 3.08. The van der Waals surface area contributed by atoms with Gasteiger partial charge in [0.25, 0.3) is 0 Å². The number of methoxy groups -OCH3 is 1. The van der Waals surface area contributed by atoms with Crippen LogP contribution in [0, 0.1) is 11.3 Å². The molecule has 1 aromatic heterocycles. The number of carbonyl (C=O) groups excluding carboxylic acids is 1. The Hall–Kier alpha value is -2.48. The van der Waals surface area contributed by atoms with Gasteiger partial charge in [-0.25, -0.2) is 4.79 Å². The number of rotatable bonds is 3. The van der Waals surface area contributed by atoms with Gasteiger partial charge >= 0.3 is 5.97 Å². The van der Waals surface area contributed by atoms with Gasteiger partial charge in [0.1, 0.15) is 11.4 Å². The fourth-order valence-corrected chi connectivity index (χ4v) is 3.08. The van der Waals surface area contributed by atoms with Crippen molar-refractivity contribution in [2.45, 2.75) is 25.7 Å². The van der Waals surface area contributed by atoms with E-state index < -0.39 is 5.97 Å². The Morgan fingerprint density at radius 2 is 2.33 bits per heavy atom. The summed E-state index contributed by atoms with van der Waals surface area (Å²) in [5, 5.41) is 10.3. The van der Waals surface area contributed by atoms with E-state index in [0.717, 1.165) is 34.2 Å². The Bertz CT molecular complexity index is 755. The average molecular weight is 284 g/mol. The predicted octanol–water partition coefficient (Wildman–Crippen LogP) is 2.91. The third kappa shape index (κ3) is 1.95. The van der Waals surface area contributed by atoms with Gasteiger partial charge in [0.15, 0.2) is 0 Å². The zero-order valence-electron chi connectivity index (χ0n) is 12.0. The van der Waals surface area contributed by atoms with Crippen LogP contribution in [-0.4, -0.2) is 24.7 Å². The lowest BCUT2D eigenvalue weighted by atomic mass is 9.83. The number of nitrogens with one attached hydrogen (secondary N) is 1. The highest BCUT2D eigenvalue weighted by atomic mass is 16.5. The number of benzene rings is 1. The van der Waals surface area contributed by atoms with E-state index in [1.165, 1.54) is 0 Å². The largest absolute Gasteiger partial charge is 0.496 e. The molecular weight excluding hydrogens is 268 g/mol. The molecule has 1 aliphatic carbocycles. The molecule has 0 fully saturated rings. The molecule has 0 aliphatic heterocycles. The van der Waals surface area contributed by atoms with Crippen LogP contribution >= 0.6 is 0 Å². The number of hydrogen-bond acceptors (Lipinski definition) is 4. The molecule has 1 aliphatic rings. The number of nitrogens with zero attached hydrogens (tertiary/aromatic N) is 1. The second-order valence-corrected chi connectivity index (χ2v) is 5.02. The van der Waals surface area contributed by atoms with Crippen molar-refractivity contribution in [3.05, 3.63) is 29.0 Å². The summed E-state index contributed by atoms with van der Waals surface area (Å²) in [6.07, 6.45) is 1.45. The molecular formula is C16H16N2O3. The third-order valence-corrected chi connectivity index (χ3v) is 3.96. The van der Waals surface area contributed by atoms with Gasteiger partial charge in [-0.05, 0) is 31.9 Å². The molecule has 1 atom stereocenters. The third-order valence-electron chi connectivity index (χ3n) is 3.96. The number of aromatic amines is 1. The lowest BCUT2D eigenvalue weighted by Crippen LogP contribution is -2.13. The van der Waals surface area contributed by atoms with Gasteiger partial charge in [0, 0.05) is 22.0 Å². The van der Waals surface area contributed by atoms with Crippen LogP contribution in [0.25, 0.3) is 10.9 Å². The minimum absolute atomic E-state index is 0.294. The molecule has 1 N–H and O–H groups in total. The number of aromatic nitrogens is 1. The summed E-state index contributed by atoms with van der Waals surface area (Å²) in [5.74, 6) is 0.100. The maximum absolute atomic E-state index is 12.2. The number of H-pyrrole nitrogens is 1. The van der Waals surface area contributed by atoms with Crippen LogP contribution in [0.5, 0.6) is 5.75 Å². The molecule has 1 heterocycles. The second kappa shape index (κ2) is 5.13. The first-order chi connectivity index (χ1) is 10.2. The van der Waals surface area contributed by atoms with Crippen LogP contribution in [0.2, 0.25) is 0 Å². The SMILES string of the molecule is CCOC(=O)c1[nH]c2ccc(OC)c3c2c1C(C#N)CC3. The molecule has 0 saturated heterocycles. The molecule has 0 amide bonds. The van der Waals surface area contributed by atoms with Crippen LogP contribution in [0.1, 0.15) is 40.9 Å². The maximum atomic E-state index is 12.2. The van der Waals surface area contributed by atoms with Crippen LogP contribution in [0.15, 0.2) is 12.1 Å². The van der Waals surface area contributed by atoms with Crippen molar-refractivity contribution in [3.8, 4) is 11.8 Å². The first kappa shape index (κ1) is 13.5. The first-order valence-corrected chi connectivity index (χ1v) is 6.99. The van der Waals surface area contributed by atoms with Crippen molar-refractivity contribution in [1.29, 1.82) is 5.26 Å². The summed E-state index contributed by atoms with van der Waals surface area (Å²) in [6, 6.07) is 6.06. The molecule has 5 nitrogen and oxygen atoms in total. The van der Waals surface area contributed by atoms with Crippen molar-refractivity contribution in [1.82, 2.24) is 4.98 Å². The summed E-state index contributed by atoms with van der Waals surface area (Å²) in [5.41, 5.74) is 3.06. The zero-order chi connectivity index (χ0) is 15.0. The number of aryl methyl sites for hydroxylation is 1. The zero-order valence-corrected chi connectivity index (χ0v) is 12.0. The Morgan fingerprint density at radius 3 is 3.00 bits per heavy atom. The molecule has 3 rings (SSSR count). The van der Waals surface area contributed by atoms with Crippen LogP contribution in [0.3, 0.4) is 0 Å². The van der Waals surface area contributed by atoms with E-state index >= 15 is 0 Å². The van der Waals surface area contributed by atoms with E-state index in [1.54, 1.807) is 14.0 Å². The van der Waals surface area contributed by atoms with Crippen molar-refractivity contribution in [2.24, 2.45) is 0 Å². The van der Waals surface area contributed by atoms with E-state index in [0.29, 0.717) is 18.7 Å². The molecule has 1 aromatic carbocycles. The Morgan fingerprint density at radius 1 is 1.52 bits per heavy atom. The number of carbonyl (C=O) groups is 1. The van der Waals surface area contributed by atoms with E-state index in [4.69, 9.17) is 9.47 Å². The summed E-state index contributed by atoms with van der Waals surface area (Å²) in [6.45, 7) is 2.07. The molecule has 5 heteroatoms. The van der Waals surface area contributed by atoms with Crippen molar-refractivity contribution < 1.29 is 14.3 Å². The summed E-state index contributed by atoms with van der Waals surface area (Å²) in [4.78, 5) is 15.3. The highest BCUT2D eigenvalue weighted by molar-refractivity contribution is 6.01. The fraction of sp³-hybridized carbons (Fsp3) is 0.375. The van der Waals surface area contributed by atoms with Crippen molar-refractivity contribution in [2.75, 3.05) is 13.7 Å². The Labute approximate surface area is 122 Å². The molecule has 0 radical (unpaired) electrons. The summed E-state index contributed by atoms with van der Waals surface area (Å²) >= 11 is 0. The average Bonchev–Trinajstić information content (AvgIpc) is 2.89. The Balaban J connectivity index is 2.30. The van der Waals surface area contributed by atoms with Gasteiger partial charge in [-0.15, -0.1) is 0 Å². The number of ether oxygens (including phenoxy) is 2. The minimum Gasteiger partial charge on any atom is -0.496 e. The number of nitriles is 1. The molecule has 1 unspecified atom stereocenters. The molecule has 21 heavy (non-hydrogen) atoms. The van der Waals surface area contributed by atoms with Gasteiger partial charge in [-0.2, -0.15) is 5.26 Å². The molecule has 108 valence electrons. The van der Waals surface area contributed by atoms with E-state index in [2.05, 4.69) is 11.1 Å². The normalized spacial score (nSPS) is 16.5.